The third kappa shape index (κ3) is 2.89. The van der Waals surface area contributed by atoms with E-state index in [1.165, 1.54) is 31.6 Å². The number of nitrogens with one attached hydrogen (secondary N) is 1. The number of anilines is 1. The fraction of sp³-hybridized carbons (Fsp3) is 0.0625. The van der Waals surface area contributed by atoms with Crippen LogP contribution in [-0.2, 0) is 0 Å². The molecule has 0 aliphatic heterocycles. The van der Waals surface area contributed by atoms with Crippen LogP contribution in [0.5, 0.6) is 5.75 Å². The smallest absolute Gasteiger partial charge is 0.270 e. The number of ether oxygens (including phenoxy) is 1. The molecule has 0 fully saturated rings. The molecule has 0 spiro atoms. The molecule has 1 aromatic heterocycles. The molecule has 2 aromatic carbocycles. The molecule has 0 saturated carbocycles. The van der Waals surface area contributed by atoms with Crippen molar-refractivity contribution < 1.29 is 18.9 Å². The van der Waals surface area contributed by atoms with Crippen molar-refractivity contribution in [3.8, 4) is 5.75 Å². The van der Waals surface area contributed by atoms with Crippen molar-refractivity contribution in [1.82, 2.24) is 0 Å². The predicted octanol–water partition coefficient (Wildman–Crippen LogP) is 4.26. The number of benzene rings is 2. The molecule has 0 atom stereocenters. The molecule has 8 heteroatoms. The number of hydrogen-bond donors (Lipinski definition) is 1. The van der Waals surface area contributed by atoms with Gasteiger partial charge in [0, 0.05) is 22.5 Å². The molecule has 0 bridgehead atoms. The van der Waals surface area contributed by atoms with Crippen LogP contribution in [0.2, 0.25) is 5.02 Å². The molecular formula is C16H11ClN2O5. The number of non-ortho nitro benzene ring substituents is 1. The first-order valence-corrected chi connectivity index (χ1v) is 7.18. The normalized spacial score (nSPS) is 10.6. The van der Waals surface area contributed by atoms with Gasteiger partial charge in [0.05, 0.1) is 23.3 Å². The summed E-state index contributed by atoms with van der Waals surface area (Å²) in [6.45, 7) is 0. The number of methoxy groups -OCH3 is 1. The first kappa shape index (κ1) is 15.8. The van der Waals surface area contributed by atoms with Gasteiger partial charge >= 0.3 is 0 Å². The molecule has 1 heterocycles. The predicted molar refractivity (Wildman–Crippen MR) is 88.8 cm³/mol. The number of fused-ring (bicyclic) bond motifs is 1. The Kier molecular flexibility index (Phi) is 4.09. The summed E-state index contributed by atoms with van der Waals surface area (Å²) < 4.78 is 10.5. The van der Waals surface area contributed by atoms with Crippen LogP contribution in [0, 0.1) is 10.1 Å². The van der Waals surface area contributed by atoms with E-state index in [-0.39, 0.29) is 11.3 Å². The lowest BCUT2D eigenvalue weighted by atomic mass is 10.1. The van der Waals surface area contributed by atoms with Crippen LogP contribution in [0.1, 0.15) is 10.4 Å². The first-order chi connectivity index (χ1) is 11.5. The second kappa shape index (κ2) is 6.21. The van der Waals surface area contributed by atoms with E-state index in [0.29, 0.717) is 27.4 Å². The Balaban J connectivity index is 1.99. The van der Waals surface area contributed by atoms with Crippen molar-refractivity contribution in [2.75, 3.05) is 12.4 Å². The van der Waals surface area contributed by atoms with E-state index < -0.39 is 10.8 Å². The van der Waals surface area contributed by atoms with E-state index >= 15 is 0 Å². The maximum Gasteiger partial charge on any atom is 0.270 e. The Bertz CT molecular complexity index is 951. The maximum absolute atomic E-state index is 12.5. The third-order valence-corrected chi connectivity index (χ3v) is 3.66. The zero-order chi connectivity index (χ0) is 17.3. The van der Waals surface area contributed by atoms with Crippen molar-refractivity contribution >= 4 is 39.9 Å². The minimum Gasteiger partial charge on any atom is -0.495 e. The van der Waals surface area contributed by atoms with Crippen LogP contribution in [0.4, 0.5) is 11.4 Å². The van der Waals surface area contributed by atoms with Gasteiger partial charge in [-0.1, -0.05) is 11.6 Å². The van der Waals surface area contributed by atoms with Gasteiger partial charge in [-0.15, -0.1) is 0 Å². The van der Waals surface area contributed by atoms with Gasteiger partial charge in [0.25, 0.3) is 11.6 Å². The van der Waals surface area contributed by atoms with E-state index in [4.69, 9.17) is 20.8 Å². The van der Waals surface area contributed by atoms with E-state index in [1.807, 2.05) is 0 Å². The minimum absolute atomic E-state index is 0.127. The number of halogens is 1. The lowest BCUT2D eigenvalue weighted by Crippen LogP contribution is -2.12. The Morgan fingerprint density at radius 3 is 2.79 bits per heavy atom. The summed E-state index contributed by atoms with van der Waals surface area (Å²) in [6, 6.07) is 8.85. The second-order valence-corrected chi connectivity index (χ2v) is 5.32. The monoisotopic (exact) mass is 346 g/mol. The number of nitro groups is 1. The highest BCUT2D eigenvalue weighted by atomic mass is 35.5. The standard InChI is InChI=1S/C16H11ClN2O5/c1-23-15-4-2-9(17)6-13(15)18-16(20)12-8-24-14-5-3-10(19(21)22)7-11(12)14/h2-8H,1H3,(H,18,20). The third-order valence-electron chi connectivity index (χ3n) is 3.42. The maximum atomic E-state index is 12.5. The van der Waals surface area contributed by atoms with Crippen LogP contribution in [0.15, 0.2) is 47.1 Å². The molecule has 3 aromatic rings. The number of rotatable bonds is 4. The summed E-state index contributed by atoms with van der Waals surface area (Å²) in [5.41, 5.74) is 0.813. The van der Waals surface area contributed by atoms with E-state index in [2.05, 4.69) is 5.32 Å². The summed E-state index contributed by atoms with van der Waals surface area (Å²) >= 11 is 5.93. The van der Waals surface area contributed by atoms with Crippen molar-refractivity contribution in [2.45, 2.75) is 0 Å². The van der Waals surface area contributed by atoms with Crippen LogP contribution in [0.3, 0.4) is 0 Å². The summed E-state index contributed by atoms with van der Waals surface area (Å²) in [5.74, 6) is -0.0543. The van der Waals surface area contributed by atoms with Gasteiger partial charge in [-0.3, -0.25) is 14.9 Å². The fourth-order valence-electron chi connectivity index (χ4n) is 2.27. The molecule has 0 radical (unpaired) electrons. The molecule has 0 aliphatic carbocycles. The van der Waals surface area contributed by atoms with Gasteiger partial charge in [0.1, 0.15) is 17.6 Å². The fourth-order valence-corrected chi connectivity index (χ4v) is 2.45. The van der Waals surface area contributed by atoms with Gasteiger partial charge in [-0.2, -0.15) is 0 Å². The summed E-state index contributed by atoms with van der Waals surface area (Å²) in [6.07, 6.45) is 1.25. The van der Waals surface area contributed by atoms with Gasteiger partial charge in [-0.25, -0.2) is 0 Å². The Labute approximate surface area is 140 Å². The van der Waals surface area contributed by atoms with Crippen molar-refractivity contribution in [3.05, 3.63) is 63.4 Å². The number of amides is 1. The largest absolute Gasteiger partial charge is 0.495 e. The summed E-state index contributed by atoms with van der Waals surface area (Å²) in [7, 11) is 1.47. The number of nitro benzene ring substituents is 1. The number of nitrogens with zero attached hydrogens (tertiary/aromatic N) is 1. The topological polar surface area (TPSA) is 94.6 Å². The molecular weight excluding hydrogens is 336 g/mol. The zero-order valence-electron chi connectivity index (χ0n) is 12.4. The molecule has 0 saturated heterocycles. The van der Waals surface area contributed by atoms with E-state index in [9.17, 15) is 14.9 Å². The zero-order valence-corrected chi connectivity index (χ0v) is 13.2. The molecule has 122 valence electrons. The SMILES string of the molecule is COc1ccc(Cl)cc1NC(=O)c1coc2ccc([N+](=O)[O-])cc12. The Morgan fingerprint density at radius 2 is 2.08 bits per heavy atom. The highest BCUT2D eigenvalue weighted by Gasteiger charge is 2.18. The van der Waals surface area contributed by atoms with Crippen molar-refractivity contribution in [1.29, 1.82) is 0 Å². The van der Waals surface area contributed by atoms with Crippen LogP contribution >= 0.6 is 11.6 Å². The highest BCUT2D eigenvalue weighted by molar-refractivity contribution is 6.31. The molecule has 3 rings (SSSR count). The lowest BCUT2D eigenvalue weighted by molar-refractivity contribution is -0.384. The number of carbonyl (C=O) groups excluding carboxylic acids is 1. The summed E-state index contributed by atoms with van der Waals surface area (Å²) in [5, 5.41) is 14.3. The van der Waals surface area contributed by atoms with Gasteiger partial charge < -0.3 is 14.5 Å². The number of furan rings is 1. The first-order valence-electron chi connectivity index (χ1n) is 6.80. The lowest BCUT2D eigenvalue weighted by Gasteiger charge is -2.09. The molecule has 24 heavy (non-hydrogen) atoms. The average molecular weight is 347 g/mol. The van der Waals surface area contributed by atoms with Crippen molar-refractivity contribution in [2.24, 2.45) is 0 Å². The van der Waals surface area contributed by atoms with E-state index in [1.54, 1.807) is 18.2 Å². The molecule has 0 aliphatic rings. The average Bonchev–Trinajstić information content (AvgIpc) is 2.98. The Hall–Kier alpha value is -3.06. The number of hydrogen-bond acceptors (Lipinski definition) is 5. The molecule has 0 unspecified atom stereocenters. The Morgan fingerprint density at radius 1 is 1.29 bits per heavy atom. The minimum atomic E-state index is -0.534. The molecule has 1 amide bonds. The van der Waals surface area contributed by atoms with Gasteiger partial charge in [0.15, 0.2) is 0 Å². The highest BCUT2D eigenvalue weighted by Crippen LogP contribution is 2.30. The molecule has 7 nitrogen and oxygen atoms in total. The van der Waals surface area contributed by atoms with Crippen LogP contribution < -0.4 is 10.1 Å². The number of carbonyl (C=O) groups is 1. The van der Waals surface area contributed by atoms with Crippen LogP contribution in [-0.4, -0.2) is 17.9 Å². The van der Waals surface area contributed by atoms with Crippen LogP contribution in [0.25, 0.3) is 11.0 Å². The summed E-state index contributed by atoms with van der Waals surface area (Å²) in [4.78, 5) is 22.9. The second-order valence-electron chi connectivity index (χ2n) is 4.89. The van der Waals surface area contributed by atoms with Gasteiger partial charge in [0.2, 0.25) is 0 Å². The van der Waals surface area contributed by atoms with Crippen molar-refractivity contribution in [3.63, 3.8) is 0 Å². The molecule has 1 N–H and O–H groups in total. The quantitative estimate of drug-likeness (QED) is 0.562. The van der Waals surface area contributed by atoms with E-state index in [0.717, 1.165) is 0 Å². The van der Waals surface area contributed by atoms with Gasteiger partial charge in [-0.05, 0) is 24.3 Å².